The van der Waals surface area contributed by atoms with Crippen molar-refractivity contribution in [1.29, 1.82) is 0 Å². The van der Waals surface area contributed by atoms with E-state index in [9.17, 15) is 18.3 Å². The maximum absolute atomic E-state index is 12.2. The molecule has 116 valence electrons. The fourth-order valence-electron chi connectivity index (χ4n) is 2.19. The molecule has 1 fully saturated rings. The first-order valence-electron chi connectivity index (χ1n) is 6.41. The summed E-state index contributed by atoms with van der Waals surface area (Å²) in [6, 6.07) is 3.23. The summed E-state index contributed by atoms with van der Waals surface area (Å²) in [5.74, 6) is -1.83. The zero-order valence-electron chi connectivity index (χ0n) is 11.5. The lowest BCUT2D eigenvalue weighted by molar-refractivity contribution is 0.0693. The number of nitrogens with one attached hydrogen (secondary N) is 1. The first-order valence-corrected chi connectivity index (χ1v) is 9.12. The maximum Gasteiger partial charge on any atom is 0.339 e. The number of phenols is 1. The van der Waals surface area contributed by atoms with Crippen molar-refractivity contribution in [3.05, 3.63) is 23.8 Å². The topological polar surface area (TPSA) is 104 Å². The quantitative estimate of drug-likeness (QED) is 0.732. The molecule has 8 heteroatoms. The monoisotopic (exact) mass is 331 g/mol. The molecule has 1 saturated carbocycles. The van der Waals surface area contributed by atoms with Crippen LogP contribution in [0.4, 0.5) is 0 Å². The van der Waals surface area contributed by atoms with Crippen LogP contribution in [0, 0.1) is 0 Å². The molecule has 1 aliphatic rings. The Balaban J connectivity index is 2.20. The van der Waals surface area contributed by atoms with E-state index in [1.807, 2.05) is 6.26 Å². The van der Waals surface area contributed by atoms with Crippen LogP contribution in [0.15, 0.2) is 23.1 Å². The van der Waals surface area contributed by atoms with E-state index < -0.39 is 27.3 Å². The summed E-state index contributed by atoms with van der Waals surface area (Å²) < 4.78 is 26.9. The molecule has 0 amide bonds. The molecule has 0 aliphatic heterocycles. The molecule has 0 aromatic heterocycles. The van der Waals surface area contributed by atoms with Crippen molar-refractivity contribution in [2.75, 3.05) is 12.8 Å². The summed E-state index contributed by atoms with van der Waals surface area (Å²) in [6.45, 7) is 0.319. The third-order valence-corrected chi connectivity index (χ3v) is 6.61. The third kappa shape index (κ3) is 3.33. The van der Waals surface area contributed by atoms with E-state index >= 15 is 0 Å². The Labute approximate surface area is 127 Å². The third-order valence-electron chi connectivity index (χ3n) is 3.79. The highest BCUT2D eigenvalue weighted by molar-refractivity contribution is 8.00. The van der Waals surface area contributed by atoms with Crippen LogP contribution >= 0.6 is 11.8 Å². The van der Waals surface area contributed by atoms with Crippen LogP contribution in [-0.4, -0.2) is 42.1 Å². The minimum atomic E-state index is -3.79. The highest BCUT2D eigenvalue weighted by atomic mass is 32.2. The Bertz CT molecular complexity index is 647. The fourth-order valence-corrected chi connectivity index (χ4v) is 4.35. The Morgan fingerprint density at radius 2 is 2.10 bits per heavy atom. The van der Waals surface area contributed by atoms with Gasteiger partial charge in [0.25, 0.3) is 0 Å². The van der Waals surface area contributed by atoms with Gasteiger partial charge < -0.3 is 10.2 Å². The van der Waals surface area contributed by atoms with E-state index in [0.29, 0.717) is 6.54 Å². The second-order valence-corrected chi connectivity index (χ2v) is 8.09. The first kappa shape index (κ1) is 16.1. The number of carboxylic acids is 1. The van der Waals surface area contributed by atoms with E-state index in [1.165, 1.54) is 6.07 Å². The number of thioether (sulfide) groups is 1. The highest BCUT2D eigenvalue weighted by Crippen LogP contribution is 2.42. The lowest BCUT2D eigenvalue weighted by Gasteiger charge is -2.40. The number of carboxylic acid groups (broad SMARTS) is 1. The number of sulfonamides is 1. The average Bonchev–Trinajstić information content (AvgIpc) is 2.37. The lowest BCUT2D eigenvalue weighted by atomic mass is 9.84. The zero-order valence-corrected chi connectivity index (χ0v) is 13.1. The van der Waals surface area contributed by atoms with Gasteiger partial charge in [0.05, 0.1) is 4.90 Å². The van der Waals surface area contributed by atoms with E-state index in [-0.39, 0.29) is 9.64 Å². The van der Waals surface area contributed by atoms with Crippen LogP contribution in [0.1, 0.15) is 29.6 Å². The van der Waals surface area contributed by atoms with Crippen molar-refractivity contribution in [3.8, 4) is 5.75 Å². The number of aromatic carboxylic acids is 1. The number of hydrogen-bond acceptors (Lipinski definition) is 5. The molecule has 0 unspecified atom stereocenters. The second kappa shape index (κ2) is 5.86. The van der Waals surface area contributed by atoms with Gasteiger partial charge in [-0.1, -0.05) is 6.42 Å². The van der Waals surface area contributed by atoms with Gasteiger partial charge in [-0.25, -0.2) is 17.9 Å². The summed E-state index contributed by atoms with van der Waals surface area (Å²) in [5.41, 5.74) is -0.430. The second-order valence-electron chi connectivity index (χ2n) is 5.05. The normalized spacial score (nSPS) is 17.2. The summed E-state index contributed by atoms with van der Waals surface area (Å²) in [6.07, 6.45) is 4.97. The van der Waals surface area contributed by atoms with Crippen LogP contribution in [0.2, 0.25) is 0 Å². The van der Waals surface area contributed by atoms with E-state index in [1.54, 1.807) is 11.8 Å². The van der Waals surface area contributed by atoms with Crippen molar-refractivity contribution >= 4 is 27.8 Å². The molecule has 0 heterocycles. The lowest BCUT2D eigenvalue weighted by Crippen LogP contribution is -2.45. The molecule has 2 rings (SSSR count). The minimum absolute atomic E-state index is 0.0559. The van der Waals surface area contributed by atoms with Crippen LogP contribution in [0.25, 0.3) is 0 Å². The van der Waals surface area contributed by atoms with Gasteiger partial charge in [-0.15, -0.1) is 0 Å². The summed E-state index contributed by atoms with van der Waals surface area (Å²) in [7, 11) is -3.79. The SMILES string of the molecule is CSC1(CNS(=O)(=O)c2ccc(O)c(C(=O)O)c2)CCC1. The minimum Gasteiger partial charge on any atom is -0.507 e. The van der Waals surface area contributed by atoms with E-state index in [0.717, 1.165) is 31.4 Å². The molecule has 1 aromatic carbocycles. The molecule has 1 aromatic rings. The van der Waals surface area contributed by atoms with Gasteiger partial charge in [0, 0.05) is 11.3 Å². The Morgan fingerprint density at radius 3 is 2.57 bits per heavy atom. The van der Waals surface area contributed by atoms with Gasteiger partial charge >= 0.3 is 5.97 Å². The standard InChI is InChI=1S/C13H17NO5S2/c1-20-13(5-2-6-13)8-14-21(18,19)9-3-4-11(15)10(7-9)12(16)17/h3-4,7,14-15H,2,5-6,8H2,1H3,(H,16,17). The van der Waals surface area contributed by atoms with Crippen LogP contribution in [0.3, 0.4) is 0 Å². The van der Waals surface area contributed by atoms with Gasteiger partial charge in [-0.2, -0.15) is 11.8 Å². The summed E-state index contributed by atoms with van der Waals surface area (Å²) >= 11 is 1.64. The van der Waals surface area contributed by atoms with Crippen LogP contribution in [0.5, 0.6) is 5.75 Å². The Morgan fingerprint density at radius 1 is 1.43 bits per heavy atom. The predicted octanol–water partition coefficient (Wildman–Crippen LogP) is 1.65. The Kier molecular flexibility index (Phi) is 4.50. The van der Waals surface area contributed by atoms with Crippen molar-refractivity contribution in [1.82, 2.24) is 4.72 Å². The molecule has 0 saturated heterocycles. The van der Waals surface area contributed by atoms with Crippen LogP contribution in [-0.2, 0) is 10.0 Å². The van der Waals surface area contributed by atoms with Crippen molar-refractivity contribution in [3.63, 3.8) is 0 Å². The average molecular weight is 331 g/mol. The van der Waals surface area contributed by atoms with Gasteiger partial charge in [-0.05, 0) is 37.3 Å². The number of hydrogen-bond donors (Lipinski definition) is 3. The van der Waals surface area contributed by atoms with Crippen LogP contribution < -0.4 is 4.72 Å². The molecule has 1 aliphatic carbocycles. The van der Waals surface area contributed by atoms with E-state index in [4.69, 9.17) is 5.11 Å². The number of aromatic hydroxyl groups is 1. The molecular formula is C13H17NO5S2. The highest BCUT2D eigenvalue weighted by Gasteiger charge is 2.37. The molecule has 0 atom stereocenters. The smallest absolute Gasteiger partial charge is 0.339 e. The number of benzene rings is 1. The molecule has 0 radical (unpaired) electrons. The predicted molar refractivity (Wildman–Crippen MR) is 80.4 cm³/mol. The van der Waals surface area contributed by atoms with Gasteiger partial charge in [-0.3, -0.25) is 0 Å². The van der Waals surface area contributed by atoms with Crippen molar-refractivity contribution < 1.29 is 23.4 Å². The molecule has 6 nitrogen and oxygen atoms in total. The fraction of sp³-hybridized carbons (Fsp3) is 0.462. The molecule has 3 N–H and O–H groups in total. The first-order chi connectivity index (χ1) is 9.80. The summed E-state index contributed by atoms with van der Waals surface area (Å²) in [4.78, 5) is 10.8. The van der Waals surface area contributed by atoms with Crippen molar-refractivity contribution in [2.24, 2.45) is 0 Å². The molecular weight excluding hydrogens is 314 g/mol. The van der Waals surface area contributed by atoms with Gasteiger partial charge in [0.2, 0.25) is 10.0 Å². The zero-order chi connectivity index (χ0) is 15.7. The molecule has 0 bridgehead atoms. The summed E-state index contributed by atoms with van der Waals surface area (Å²) in [5, 5.41) is 18.3. The largest absolute Gasteiger partial charge is 0.507 e. The van der Waals surface area contributed by atoms with Crippen molar-refractivity contribution in [2.45, 2.75) is 28.9 Å². The van der Waals surface area contributed by atoms with Gasteiger partial charge in [0.15, 0.2) is 0 Å². The maximum atomic E-state index is 12.2. The number of rotatable bonds is 6. The number of carbonyl (C=O) groups is 1. The van der Waals surface area contributed by atoms with Gasteiger partial charge in [0.1, 0.15) is 11.3 Å². The molecule has 21 heavy (non-hydrogen) atoms. The van der Waals surface area contributed by atoms with E-state index in [2.05, 4.69) is 4.72 Å². The molecule has 0 spiro atoms. The Hall–Kier alpha value is -1.25.